The van der Waals surface area contributed by atoms with E-state index in [-0.39, 0.29) is 25.2 Å². The zero-order chi connectivity index (χ0) is 27.3. The third kappa shape index (κ3) is 6.67. The quantitative estimate of drug-likeness (QED) is 0.408. The van der Waals surface area contributed by atoms with Gasteiger partial charge in [0.15, 0.2) is 5.16 Å². The van der Waals surface area contributed by atoms with Gasteiger partial charge >= 0.3 is 12.2 Å². The van der Waals surface area contributed by atoms with Gasteiger partial charge in [0.2, 0.25) is 0 Å². The van der Waals surface area contributed by atoms with Crippen LogP contribution >= 0.6 is 11.8 Å². The molecule has 1 aromatic carbocycles. The molecule has 0 N–H and O–H groups in total. The van der Waals surface area contributed by atoms with Crippen LogP contribution in [0.2, 0.25) is 0 Å². The van der Waals surface area contributed by atoms with Crippen LogP contribution in [-0.4, -0.2) is 76.0 Å². The average Bonchev–Trinajstić information content (AvgIpc) is 2.90. The lowest BCUT2D eigenvalue weighted by atomic mass is 10.0. The maximum absolute atomic E-state index is 12.8. The van der Waals surface area contributed by atoms with Crippen LogP contribution in [-0.2, 0) is 29.0 Å². The van der Waals surface area contributed by atoms with Crippen molar-refractivity contribution in [1.29, 1.82) is 5.26 Å². The summed E-state index contributed by atoms with van der Waals surface area (Å²) in [6.45, 7) is 7.99. The zero-order valence-electron chi connectivity index (χ0n) is 22.3. The summed E-state index contributed by atoms with van der Waals surface area (Å²) in [6, 6.07) is 11.5. The van der Waals surface area contributed by atoms with E-state index >= 15 is 0 Å². The van der Waals surface area contributed by atoms with Crippen LogP contribution in [0, 0.1) is 11.3 Å². The highest BCUT2D eigenvalue weighted by atomic mass is 32.2. The van der Waals surface area contributed by atoms with Crippen LogP contribution in [0.15, 0.2) is 35.5 Å². The van der Waals surface area contributed by atoms with Crippen molar-refractivity contribution in [3.8, 4) is 6.07 Å². The number of piperazine rings is 1. The molecule has 202 valence electrons. The van der Waals surface area contributed by atoms with Crippen LogP contribution in [0.4, 0.5) is 15.4 Å². The molecule has 2 aliphatic rings. The highest BCUT2D eigenvalue weighted by Gasteiger charge is 2.36. The number of hydrogen-bond acceptors (Lipinski definition) is 9. The van der Waals surface area contributed by atoms with Gasteiger partial charge in [0.05, 0.1) is 30.8 Å². The van der Waals surface area contributed by atoms with Crippen molar-refractivity contribution in [3.05, 3.63) is 47.2 Å². The normalized spacial score (nSPS) is 17.4. The molecule has 11 heteroatoms. The summed E-state index contributed by atoms with van der Waals surface area (Å²) in [7, 11) is 0. The highest BCUT2D eigenvalue weighted by molar-refractivity contribution is 7.98. The number of carbonyl (C=O) groups excluding carboxylic acids is 2. The van der Waals surface area contributed by atoms with Gasteiger partial charge in [-0.05, 0) is 39.0 Å². The number of amides is 2. The van der Waals surface area contributed by atoms with E-state index < -0.39 is 11.7 Å². The Kier molecular flexibility index (Phi) is 8.62. The molecule has 2 aromatic rings. The second-order valence-electron chi connectivity index (χ2n) is 10.3. The predicted molar refractivity (Wildman–Crippen MR) is 144 cm³/mol. The molecule has 0 spiro atoms. The maximum atomic E-state index is 12.8. The average molecular weight is 539 g/mol. The van der Waals surface area contributed by atoms with E-state index in [1.54, 1.807) is 9.80 Å². The molecule has 1 saturated heterocycles. The number of nitrogens with zero attached hydrogens (tertiary/aromatic N) is 6. The highest BCUT2D eigenvalue weighted by Crippen LogP contribution is 2.31. The van der Waals surface area contributed by atoms with Crippen molar-refractivity contribution >= 4 is 29.8 Å². The van der Waals surface area contributed by atoms with E-state index in [0.717, 1.165) is 22.6 Å². The number of rotatable bonds is 5. The number of fused-ring (bicyclic) bond motifs is 1. The standard InChI is InChI=1S/C27H34N6O4S/c1-27(2,3)37-26(35)33-15-14-31(16-20(33)10-12-28)23-21-11-13-32(17-22(21)29-24(30-23)38-4)25(34)36-18-19-8-6-5-7-9-19/h5-9,20H,10-11,13-18H2,1-4H3/t20-/m0/s1. The van der Waals surface area contributed by atoms with E-state index in [1.165, 1.54) is 11.8 Å². The third-order valence-electron chi connectivity index (χ3n) is 6.41. The molecule has 0 saturated carbocycles. The molecule has 1 atom stereocenters. The van der Waals surface area contributed by atoms with Crippen molar-refractivity contribution in [2.45, 2.75) is 63.6 Å². The summed E-state index contributed by atoms with van der Waals surface area (Å²) in [5.41, 5.74) is 2.12. The van der Waals surface area contributed by atoms with Gasteiger partial charge in [0, 0.05) is 31.7 Å². The molecule has 1 fully saturated rings. The van der Waals surface area contributed by atoms with Gasteiger partial charge in [-0.15, -0.1) is 0 Å². The van der Waals surface area contributed by atoms with Gasteiger partial charge in [-0.1, -0.05) is 42.1 Å². The Labute approximate surface area is 227 Å². The fraction of sp³-hybridized carbons (Fsp3) is 0.519. The molecule has 0 aliphatic carbocycles. The maximum Gasteiger partial charge on any atom is 0.410 e. The number of nitriles is 1. The van der Waals surface area contributed by atoms with Gasteiger partial charge in [0.25, 0.3) is 0 Å². The number of thioether (sulfide) groups is 1. The van der Waals surface area contributed by atoms with Gasteiger partial charge in [0.1, 0.15) is 18.0 Å². The molecule has 0 unspecified atom stereocenters. The van der Waals surface area contributed by atoms with Crippen LogP contribution in [0.25, 0.3) is 0 Å². The number of anilines is 1. The van der Waals surface area contributed by atoms with Gasteiger partial charge in [-0.3, -0.25) is 0 Å². The molecule has 3 heterocycles. The predicted octanol–water partition coefficient (Wildman–Crippen LogP) is 4.23. The van der Waals surface area contributed by atoms with Crippen molar-refractivity contribution < 1.29 is 19.1 Å². The number of benzene rings is 1. The topological polar surface area (TPSA) is 112 Å². The van der Waals surface area contributed by atoms with Crippen LogP contribution < -0.4 is 4.90 Å². The van der Waals surface area contributed by atoms with Crippen LogP contribution in [0.1, 0.15) is 44.0 Å². The number of hydrogen-bond donors (Lipinski definition) is 0. The van der Waals surface area contributed by atoms with E-state index in [0.29, 0.717) is 44.3 Å². The van der Waals surface area contributed by atoms with Crippen molar-refractivity contribution in [3.63, 3.8) is 0 Å². The summed E-state index contributed by atoms with van der Waals surface area (Å²) in [5, 5.41) is 10.1. The molecule has 4 rings (SSSR count). The first kappa shape index (κ1) is 27.5. The van der Waals surface area contributed by atoms with Gasteiger partial charge in [-0.2, -0.15) is 5.26 Å². The van der Waals surface area contributed by atoms with E-state index in [4.69, 9.17) is 19.4 Å². The number of aromatic nitrogens is 2. The summed E-state index contributed by atoms with van der Waals surface area (Å²) >= 11 is 1.44. The Hall–Kier alpha value is -3.52. The monoisotopic (exact) mass is 538 g/mol. The van der Waals surface area contributed by atoms with Crippen LogP contribution in [0.3, 0.4) is 0 Å². The van der Waals surface area contributed by atoms with Gasteiger partial charge in [-0.25, -0.2) is 19.6 Å². The largest absolute Gasteiger partial charge is 0.445 e. The lowest BCUT2D eigenvalue weighted by Crippen LogP contribution is -2.56. The number of ether oxygens (including phenoxy) is 2. The molecule has 2 amide bonds. The third-order valence-corrected chi connectivity index (χ3v) is 6.95. The molecule has 38 heavy (non-hydrogen) atoms. The fourth-order valence-electron chi connectivity index (χ4n) is 4.60. The zero-order valence-corrected chi connectivity index (χ0v) is 23.2. The van der Waals surface area contributed by atoms with E-state index in [9.17, 15) is 14.9 Å². The Morgan fingerprint density at radius 3 is 2.58 bits per heavy atom. The minimum Gasteiger partial charge on any atom is -0.445 e. The Balaban J connectivity index is 1.50. The lowest BCUT2D eigenvalue weighted by Gasteiger charge is -2.42. The summed E-state index contributed by atoms with van der Waals surface area (Å²) in [5.74, 6) is 0.809. The van der Waals surface area contributed by atoms with Gasteiger partial charge < -0.3 is 24.2 Å². The first-order valence-corrected chi connectivity index (χ1v) is 13.9. The molecule has 10 nitrogen and oxygen atoms in total. The molecule has 0 radical (unpaired) electrons. The summed E-state index contributed by atoms with van der Waals surface area (Å²) in [6.07, 6.45) is 1.93. The summed E-state index contributed by atoms with van der Waals surface area (Å²) in [4.78, 5) is 40.6. The lowest BCUT2D eigenvalue weighted by molar-refractivity contribution is 0.0144. The summed E-state index contributed by atoms with van der Waals surface area (Å²) < 4.78 is 11.1. The fourth-order valence-corrected chi connectivity index (χ4v) is 4.98. The Morgan fingerprint density at radius 2 is 1.89 bits per heavy atom. The van der Waals surface area contributed by atoms with Crippen molar-refractivity contribution in [2.75, 3.05) is 37.3 Å². The van der Waals surface area contributed by atoms with Crippen molar-refractivity contribution in [1.82, 2.24) is 19.8 Å². The first-order valence-electron chi connectivity index (χ1n) is 12.7. The molecule has 1 aromatic heterocycles. The SMILES string of the molecule is CSc1nc2c(c(N3CCN(C(=O)OC(C)(C)C)[C@@H](CC#N)C3)n1)CCN(C(=O)OCc1ccccc1)C2. The first-order chi connectivity index (χ1) is 18.2. The van der Waals surface area contributed by atoms with Crippen molar-refractivity contribution in [2.24, 2.45) is 0 Å². The second kappa shape index (κ2) is 11.9. The van der Waals surface area contributed by atoms with Crippen LogP contribution in [0.5, 0.6) is 0 Å². The molecular weight excluding hydrogens is 504 g/mol. The Bertz CT molecular complexity index is 1200. The Morgan fingerprint density at radius 1 is 1.13 bits per heavy atom. The van der Waals surface area contributed by atoms with E-state index in [2.05, 4.69) is 11.0 Å². The molecule has 0 bridgehead atoms. The number of carbonyl (C=O) groups is 2. The minimum atomic E-state index is -0.613. The second-order valence-corrected chi connectivity index (χ2v) is 11.1. The molecule has 2 aliphatic heterocycles. The smallest absolute Gasteiger partial charge is 0.410 e. The van der Waals surface area contributed by atoms with E-state index in [1.807, 2.05) is 57.4 Å². The minimum absolute atomic E-state index is 0.194. The molecular formula is C27H34N6O4S.